The number of hydrogen-bond donors (Lipinski definition) is 1. The Hall–Kier alpha value is -0.650. The summed E-state index contributed by atoms with van der Waals surface area (Å²) in [6.07, 6.45) is 2.72. The van der Waals surface area contributed by atoms with E-state index in [1.165, 1.54) is 0 Å². The average Bonchev–Trinajstić information content (AvgIpc) is 2.79. The van der Waals surface area contributed by atoms with Crippen LogP contribution in [0.15, 0.2) is 0 Å². The summed E-state index contributed by atoms with van der Waals surface area (Å²) in [7, 11) is 0. The molecule has 0 aromatic carbocycles. The molecule has 1 amide bonds. The Labute approximate surface area is 102 Å². The van der Waals surface area contributed by atoms with Gasteiger partial charge in [0.05, 0.1) is 19.8 Å². The van der Waals surface area contributed by atoms with Crippen molar-refractivity contribution < 1.29 is 14.3 Å². The number of nitrogens with zero attached hydrogens (tertiary/aromatic N) is 1. The topological polar surface area (TPSA) is 50.8 Å². The van der Waals surface area contributed by atoms with E-state index in [1.807, 2.05) is 0 Å². The fraction of sp³-hybridized carbons (Fsp3) is 0.917. The van der Waals surface area contributed by atoms with Gasteiger partial charge in [-0.1, -0.05) is 6.92 Å². The van der Waals surface area contributed by atoms with Crippen LogP contribution in [-0.4, -0.2) is 56.0 Å². The normalized spacial score (nSPS) is 24.1. The van der Waals surface area contributed by atoms with Crippen LogP contribution in [0.5, 0.6) is 0 Å². The van der Waals surface area contributed by atoms with E-state index in [2.05, 4.69) is 17.1 Å². The maximum atomic E-state index is 11.6. The highest BCUT2D eigenvalue weighted by Crippen LogP contribution is 2.30. The van der Waals surface area contributed by atoms with Gasteiger partial charge in [0.1, 0.15) is 0 Å². The van der Waals surface area contributed by atoms with E-state index in [-0.39, 0.29) is 11.7 Å². The molecule has 2 saturated heterocycles. The van der Waals surface area contributed by atoms with Crippen LogP contribution in [-0.2, 0) is 14.3 Å². The molecule has 17 heavy (non-hydrogen) atoms. The molecule has 0 aliphatic carbocycles. The van der Waals surface area contributed by atoms with Crippen molar-refractivity contribution in [1.29, 1.82) is 0 Å². The van der Waals surface area contributed by atoms with Gasteiger partial charge in [-0.15, -0.1) is 0 Å². The molecule has 0 aromatic rings. The molecule has 2 fully saturated rings. The minimum Gasteiger partial charge on any atom is -0.355 e. The maximum absolute atomic E-state index is 11.6. The van der Waals surface area contributed by atoms with Gasteiger partial charge in [0.15, 0.2) is 5.79 Å². The first-order valence-corrected chi connectivity index (χ1v) is 6.51. The summed E-state index contributed by atoms with van der Waals surface area (Å²) in [4.78, 5) is 13.7. The molecule has 2 heterocycles. The minimum atomic E-state index is -0.337. The van der Waals surface area contributed by atoms with Crippen molar-refractivity contribution in [2.24, 2.45) is 0 Å². The van der Waals surface area contributed by atoms with Crippen LogP contribution >= 0.6 is 0 Å². The SMILES string of the molecule is CCCNC(=O)CN1CCC2(CC1)OCCO2. The van der Waals surface area contributed by atoms with Crippen LogP contribution in [0, 0.1) is 0 Å². The third-order valence-corrected chi connectivity index (χ3v) is 3.37. The average molecular weight is 242 g/mol. The quantitative estimate of drug-likeness (QED) is 0.773. The molecule has 2 rings (SSSR count). The van der Waals surface area contributed by atoms with Crippen LogP contribution < -0.4 is 5.32 Å². The monoisotopic (exact) mass is 242 g/mol. The Bertz CT molecular complexity index is 254. The standard InChI is InChI=1S/C12H22N2O3/c1-2-5-13-11(15)10-14-6-3-12(4-7-14)16-8-9-17-12/h2-10H2,1H3,(H,13,15). The largest absolute Gasteiger partial charge is 0.355 e. The van der Waals surface area contributed by atoms with Gasteiger partial charge in [-0.3, -0.25) is 9.69 Å². The number of piperidine rings is 1. The second kappa shape index (κ2) is 5.80. The highest BCUT2D eigenvalue weighted by molar-refractivity contribution is 5.77. The summed E-state index contributed by atoms with van der Waals surface area (Å²) < 4.78 is 11.3. The van der Waals surface area contributed by atoms with Gasteiger partial charge >= 0.3 is 0 Å². The molecule has 0 aromatic heterocycles. The van der Waals surface area contributed by atoms with Crippen molar-refractivity contribution in [1.82, 2.24) is 10.2 Å². The molecule has 0 bridgehead atoms. The number of carbonyl (C=O) groups is 1. The molecular weight excluding hydrogens is 220 g/mol. The van der Waals surface area contributed by atoms with E-state index in [1.54, 1.807) is 0 Å². The molecule has 5 nitrogen and oxygen atoms in total. The molecule has 0 radical (unpaired) electrons. The van der Waals surface area contributed by atoms with Gasteiger partial charge in [-0.2, -0.15) is 0 Å². The highest BCUT2D eigenvalue weighted by atomic mass is 16.7. The predicted molar refractivity (Wildman–Crippen MR) is 63.6 cm³/mol. The van der Waals surface area contributed by atoms with E-state index in [0.717, 1.165) is 38.9 Å². The third kappa shape index (κ3) is 3.40. The smallest absolute Gasteiger partial charge is 0.234 e. The summed E-state index contributed by atoms with van der Waals surface area (Å²) in [5, 5.41) is 2.90. The van der Waals surface area contributed by atoms with Gasteiger partial charge in [0.2, 0.25) is 5.91 Å². The first-order valence-electron chi connectivity index (χ1n) is 6.51. The van der Waals surface area contributed by atoms with Gasteiger partial charge in [-0.05, 0) is 6.42 Å². The van der Waals surface area contributed by atoms with Crippen LogP contribution in [0.2, 0.25) is 0 Å². The van der Waals surface area contributed by atoms with Crippen LogP contribution in [0.4, 0.5) is 0 Å². The van der Waals surface area contributed by atoms with E-state index in [0.29, 0.717) is 19.8 Å². The summed E-state index contributed by atoms with van der Waals surface area (Å²) >= 11 is 0. The maximum Gasteiger partial charge on any atom is 0.234 e. The van der Waals surface area contributed by atoms with E-state index in [4.69, 9.17) is 9.47 Å². The second-order valence-electron chi connectivity index (χ2n) is 4.73. The van der Waals surface area contributed by atoms with Gasteiger partial charge in [0.25, 0.3) is 0 Å². The van der Waals surface area contributed by atoms with Gasteiger partial charge in [0, 0.05) is 32.5 Å². The van der Waals surface area contributed by atoms with Crippen molar-refractivity contribution >= 4 is 5.91 Å². The lowest BCUT2D eigenvalue weighted by Crippen LogP contribution is -2.48. The molecule has 2 aliphatic rings. The number of likely N-dealkylation sites (tertiary alicyclic amines) is 1. The number of nitrogens with one attached hydrogen (secondary N) is 1. The Balaban J connectivity index is 1.70. The highest BCUT2D eigenvalue weighted by Gasteiger charge is 2.39. The van der Waals surface area contributed by atoms with Gasteiger partial charge < -0.3 is 14.8 Å². The van der Waals surface area contributed by atoms with E-state index >= 15 is 0 Å². The van der Waals surface area contributed by atoms with Crippen LogP contribution in [0.1, 0.15) is 26.2 Å². The number of ether oxygens (including phenoxy) is 2. The van der Waals surface area contributed by atoms with E-state index < -0.39 is 0 Å². The number of carbonyl (C=O) groups excluding carboxylic acids is 1. The summed E-state index contributed by atoms with van der Waals surface area (Å²) in [6.45, 7) is 6.48. The van der Waals surface area contributed by atoms with E-state index in [9.17, 15) is 4.79 Å². The molecule has 2 aliphatic heterocycles. The van der Waals surface area contributed by atoms with Crippen molar-refractivity contribution in [2.75, 3.05) is 39.4 Å². The second-order valence-corrected chi connectivity index (χ2v) is 4.73. The Morgan fingerprint density at radius 1 is 1.29 bits per heavy atom. The summed E-state index contributed by atoms with van der Waals surface area (Å²) in [5.41, 5.74) is 0. The molecule has 0 atom stereocenters. The van der Waals surface area contributed by atoms with Crippen LogP contribution in [0.3, 0.4) is 0 Å². The zero-order valence-electron chi connectivity index (χ0n) is 10.5. The van der Waals surface area contributed by atoms with Crippen molar-refractivity contribution in [3.05, 3.63) is 0 Å². The predicted octanol–water partition coefficient (Wildman–Crippen LogP) is 0.352. The number of amides is 1. The van der Waals surface area contributed by atoms with Gasteiger partial charge in [-0.25, -0.2) is 0 Å². The minimum absolute atomic E-state index is 0.121. The lowest BCUT2D eigenvalue weighted by atomic mass is 10.0. The zero-order valence-corrected chi connectivity index (χ0v) is 10.5. The Morgan fingerprint density at radius 3 is 2.53 bits per heavy atom. The number of hydrogen-bond acceptors (Lipinski definition) is 4. The number of rotatable bonds is 4. The van der Waals surface area contributed by atoms with Crippen molar-refractivity contribution in [3.8, 4) is 0 Å². The molecule has 0 unspecified atom stereocenters. The zero-order chi connectivity index (χ0) is 12.1. The fourth-order valence-corrected chi connectivity index (χ4v) is 2.36. The lowest BCUT2D eigenvalue weighted by molar-refractivity contribution is -0.185. The first-order chi connectivity index (χ1) is 8.24. The fourth-order valence-electron chi connectivity index (χ4n) is 2.36. The molecule has 5 heteroatoms. The summed E-state index contributed by atoms with van der Waals surface area (Å²) in [5.74, 6) is -0.216. The molecule has 98 valence electrons. The molecule has 1 spiro atoms. The molecule has 0 saturated carbocycles. The van der Waals surface area contributed by atoms with Crippen molar-refractivity contribution in [3.63, 3.8) is 0 Å². The molecular formula is C12H22N2O3. The lowest BCUT2D eigenvalue weighted by Gasteiger charge is -2.37. The molecule has 1 N–H and O–H groups in total. The Kier molecular flexibility index (Phi) is 4.36. The van der Waals surface area contributed by atoms with Crippen LogP contribution in [0.25, 0.3) is 0 Å². The van der Waals surface area contributed by atoms with Crippen molar-refractivity contribution in [2.45, 2.75) is 32.0 Å². The Morgan fingerprint density at radius 2 is 1.94 bits per heavy atom. The summed E-state index contributed by atoms with van der Waals surface area (Å²) in [6, 6.07) is 0. The first kappa shape index (κ1) is 12.8. The third-order valence-electron chi connectivity index (χ3n) is 3.37.